The number of amides is 2. The van der Waals surface area contributed by atoms with Crippen LogP contribution in [0.2, 0.25) is 0 Å². The van der Waals surface area contributed by atoms with E-state index in [4.69, 9.17) is 0 Å². The lowest BCUT2D eigenvalue weighted by molar-refractivity contribution is 0.0883. The largest absolute Gasteiger partial charge is 0.391 e. The van der Waals surface area contributed by atoms with Gasteiger partial charge in [-0.05, 0) is 31.9 Å². The summed E-state index contributed by atoms with van der Waals surface area (Å²) in [5.41, 5.74) is 1.16. The quantitative estimate of drug-likeness (QED) is 0.799. The van der Waals surface area contributed by atoms with Crippen LogP contribution in [0.25, 0.3) is 0 Å². The van der Waals surface area contributed by atoms with Crippen molar-refractivity contribution >= 4 is 17.5 Å². The Kier molecular flexibility index (Phi) is 4.16. The molecule has 1 unspecified atom stereocenters. The number of rotatable bonds is 2. The number of carbonyl (C=O) groups excluding carboxylic acids is 2. The first kappa shape index (κ1) is 13.5. The van der Waals surface area contributed by atoms with E-state index in [0.29, 0.717) is 24.3 Å². The second kappa shape index (κ2) is 5.84. The number of hydrogen-bond acceptors (Lipinski definition) is 3. The Morgan fingerprint density at radius 2 is 2.21 bits per heavy atom. The number of anilines is 1. The van der Waals surface area contributed by atoms with E-state index in [1.165, 1.54) is 6.92 Å². The fraction of sp³-hybridized carbons (Fsp3) is 0.429. The van der Waals surface area contributed by atoms with Crippen molar-refractivity contribution in [3.05, 3.63) is 29.8 Å². The molecule has 1 aromatic rings. The van der Waals surface area contributed by atoms with Gasteiger partial charge in [-0.25, -0.2) is 4.79 Å². The summed E-state index contributed by atoms with van der Waals surface area (Å²) in [5.74, 6) is -0.0375. The second-order valence-corrected chi connectivity index (χ2v) is 4.81. The van der Waals surface area contributed by atoms with Crippen molar-refractivity contribution in [3.8, 4) is 0 Å². The molecule has 0 aromatic heterocycles. The maximum atomic E-state index is 12.0. The molecule has 0 bridgehead atoms. The number of β-amino-alcohol motifs (C(OH)–C–C–N with tert-alkyl or cyclic N) is 1. The van der Waals surface area contributed by atoms with Gasteiger partial charge in [-0.15, -0.1) is 0 Å². The van der Waals surface area contributed by atoms with Crippen LogP contribution in [0.3, 0.4) is 0 Å². The predicted octanol–water partition coefficient (Wildman–Crippen LogP) is 1.88. The molecule has 1 fully saturated rings. The molecule has 0 spiro atoms. The fourth-order valence-electron chi connectivity index (χ4n) is 2.16. The first-order chi connectivity index (χ1) is 9.06. The van der Waals surface area contributed by atoms with Crippen LogP contribution in [0.5, 0.6) is 0 Å². The lowest BCUT2D eigenvalue weighted by atomic mass is 10.1. The maximum absolute atomic E-state index is 12.0. The minimum Gasteiger partial charge on any atom is -0.391 e. The summed E-state index contributed by atoms with van der Waals surface area (Å²) in [6, 6.07) is 6.60. The SMILES string of the molecule is CC(=O)c1cccc(NC(=O)N2CCCC(O)C2)c1. The maximum Gasteiger partial charge on any atom is 0.321 e. The zero-order valence-corrected chi connectivity index (χ0v) is 10.9. The Labute approximate surface area is 112 Å². The summed E-state index contributed by atoms with van der Waals surface area (Å²) < 4.78 is 0. The van der Waals surface area contributed by atoms with Gasteiger partial charge in [0.25, 0.3) is 0 Å². The van der Waals surface area contributed by atoms with E-state index < -0.39 is 6.10 Å². The van der Waals surface area contributed by atoms with E-state index in [1.54, 1.807) is 29.2 Å². The summed E-state index contributed by atoms with van der Waals surface area (Å²) >= 11 is 0. The van der Waals surface area contributed by atoms with Gasteiger partial charge in [0.1, 0.15) is 0 Å². The summed E-state index contributed by atoms with van der Waals surface area (Å²) in [6.45, 7) is 2.50. The normalized spacial score (nSPS) is 19.1. The number of ketones is 1. The number of nitrogens with zero attached hydrogens (tertiary/aromatic N) is 1. The average molecular weight is 262 g/mol. The van der Waals surface area contributed by atoms with Crippen molar-refractivity contribution in [2.24, 2.45) is 0 Å². The lowest BCUT2D eigenvalue weighted by Gasteiger charge is -2.30. The van der Waals surface area contributed by atoms with Crippen LogP contribution in [-0.4, -0.2) is 41.0 Å². The summed E-state index contributed by atoms with van der Waals surface area (Å²) in [7, 11) is 0. The smallest absolute Gasteiger partial charge is 0.321 e. The van der Waals surface area contributed by atoms with Crippen LogP contribution < -0.4 is 5.32 Å². The molecule has 0 saturated carbocycles. The van der Waals surface area contributed by atoms with Crippen molar-refractivity contribution in [3.63, 3.8) is 0 Å². The molecule has 0 aliphatic carbocycles. The standard InChI is InChI=1S/C14H18N2O3/c1-10(17)11-4-2-5-12(8-11)15-14(19)16-7-3-6-13(18)9-16/h2,4-5,8,13,18H,3,6-7,9H2,1H3,(H,15,19). The van der Waals surface area contributed by atoms with Crippen molar-refractivity contribution < 1.29 is 14.7 Å². The van der Waals surface area contributed by atoms with Crippen LogP contribution in [0.4, 0.5) is 10.5 Å². The molecule has 2 rings (SSSR count). The molecule has 1 atom stereocenters. The zero-order chi connectivity index (χ0) is 13.8. The summed E-state index contributed by atoms with van der Waals surface area (Å²) in [5, 5.41) is 12.3. The molecular formula is C14H18N2O3. The molecule has 1 saturated heterocycles. The van der Waals surface area contributed by atoms with Gasteiger partial charge in [-0.3, -0.25) is 4.79 Å². The van der Waals surface area contributed by atoms with E-state index >= 15 is 0 Å². The van der Waals surface area contributed by atoms with Crippen molar-refractivity contribution in [2.75, 3.05) is 18.4 Å². The minimum atomic E-state index is -0.442. The number of nitrogens with one attached hydrogen (secondary N) is 1. The van der Waals surface area contributed by atoms with Gasteiger partial charge >= 0.3 is 6.03 Å². The number of urea groups is 1. The third kappa shape index (κ3) is 3.54. The van der Waals surface area contributed by atoms with E-state index in [-0.39, 0.29) is 11.8 Å². The number of hydrogen-bond donors (Lipinski definition) is 2. The topological polar surface area (TPSA) is 69.6 Å². The zero-order valence-electron chi connectivity index (χ0n) is 10.9. The molecule has 19 heavy (non-hydrogen) atoms. The third-order valence-corrected chi connectivity index (χ3v) is 3.20. The number of carbonyl (C=O) groups is 2. The first-order valence-corrected chi connectivity index (χ1v) is 6.41. The molecular weight excluding hydrogens is 244 g/mol. The van der Waals surface area contributed by atoms with Crippen molar-refractivity contribution in [1.82, 2.24) is 4.90 Å². The van der Waals surface area contributed by atoms with Gasteiger partial charge < -0.3 is 15.3 Å². The van der Waals surface area contributed by atoms with Gasteiger partial charge in [0.05, 0.1) is 6.10 Å². The van der Waals surface area contributed by atoms with E-state index in [0.717, 1.165) is 12.8 Å². The highest BCUT2D eigenvalue weighted by molar-refractivity contribution is 5.96. The molecule has 0 radical (unpaired) electrons. The van der Waals surface area contributed by atoms with Crippen LogP contribution >= 0.6 is 0 Å². The van der Waals surface area contributed by atoms with Crippen molar-refractivity contribution in [2.45, 2.75) is 25.9 Å². The Morgan fingerprint density at radius 1 is 1.42 bits per heavy atom. The van der Waals surface area contributed by atoms with Crippen LogP contribution in [0, 0.1) is 0 Å². The third-order valence-electron chi connectivity index (χ3n) is 3.20. The lowest BCUT2D eigenvalue weighted by Crippen LogP contribution is -2.44. The number of benzene rings is 1. The number of Topliss-reactive ketones (excluding diaryl/α,β-unsaturated/α-hetero) is 1. The van der Waals surface area contributed by atoms with E-state index in [9.17, 15) is 14.7 Å². The average Bonchev–Trinajstić information content (AvgIpc) is 2.39. The molecule has 1 aromatic carbocycles. The van der Waals surface area contributed by atoms with Gasteiger partial charge in [-0.1, -0.05) is 12.1 Å². The van der Waals surface area contributed by atoms with Crippen molar-refractivity contribution in [1.29, 1.82) is 0 Å². The summed E-state index contributed by atoms with van der Waals surface area (Å²) in [4.78, 5) is 24.9. The van der Waals surface area contributed by atoms with Gasteiger partial charge in [0.2, 0.25) is 0 Å². The highest BCUT2D eigenvalue weighted by Crippen LogP contribution is 2.14. The molecule has 102 valence electrons. The Bertz CT molecular complexity index is 487. The number of likely N-dealkylation sites (tertiary alicyclic amines) is 1. The predicted molar refractivity (Wildman–Crippen MR) is 72.3 cm³/mol. The molecule has 5 nitrogen and oxygen atoms in total. The van der Waals surface area contributed by atoms with E-state index in [2.05, 4.69) is 5.32 Å². The highest BCUT2D eigenvalue weighted by Gasteiger charge is 2.21. The first-order valence-electron chi connectivity index (χ1n) is 6.41. The Hall–Kier alpha value is -1.88. The van der Waals surface area contributed by atoms with Crippen LogP contribution in [0.1, 0.15) is 30.1 Å². The molecule has 5 heteroatoms. The molecule has 1 aliphatic heterocycles. The highest BCUT2D eigenvalue weighted by atomic mass is 16.3. The van der Waals surface area contributed by atoms with Crippen LogP contribution in [0.15, 0.2) is 24.3 Å². The van der Waals surface area contributed by atoms with Gasteiger partial charge in [0.15, 0.2) is 5.78 Å². The molecule has 2 N–H and O–H groups in total. The molecule has 1 aliphatic rings. The van der Waals surface area contributed by atoms with E-state index in [1.807, 2.05) is 0 Å². The van der Waals surface area contributed by atoms with Gasteiger partial charge in [-0.2, -0.15) is 0 Å². The number of aliphatic hydroxyl groups is 1. The Morgan fingerprint density at radius 3 is 2.89 bits per heavy atom. The summed E-state index contributed by atoms with van der Waals surface area (Å²) in [6.07, 6.45) is 1.11. The number of aliphatic hydroxyl groups excluding tert-OH is 1. The van der Waals surface area contributed by atoms with Crippen LogP contribution in [-0.2, 0) is 0 Å². The minimum absolute atomic E-state index is 0.0375. The van der Waals surface area contributed by atoms with Gasteiger partial charge in [0, 0.05) is 24.3 Å². The second-order valence-electron chi connectivity index (χ2n) is 4.81. The Balaban J connectivity index is 2.02. The molecule has 2 amide bonds. The fourth-order valence-corrected chi connectivity index (χ4v) is 2.16. The molecule has 1 heterocycles. The monoisotopic (exact) mass is 262 g/mol. The number of piperidine rings is 1.